The maximum atomic E-state index is 13.7. The van der Waals surface area contributed by atoms with Crippen LogP contribution in [-0.4, -0.2) is 48.9 Å². The molecule has 2 rings (SSSR count). The van der Waals surface area contributed by atoms with Crippen LogP contribution < -0.4 is 10.5 Å². The van der Waals surface area contributed by atoms with Crippen LogP contribution in [0.1, 0.15) is 5.69 Å². The predicted octanol–water partition coefficient (Wildman–Crippen LogP) is 1.10. The number of halogens is 2. The van der Waals surface area contributed by atoms with Crippen molar-refractivity contribution in [3.05, 3.63) is 35.8 Å². The first kappa shape index (κ1) is 14.4. The second kappa shape index (κ2) is 5.96. The van der Waals surface area contributed by atoms with E-state index in [1.165, 1.54) is 13.1 Å². The third-order valence-electron chi connectivity index (χ3n) is 2.98. The lowest BCUT2D eigenvalue weighted by atomic mass is 10.2. The monoisotopic (exact) mass is 282 g/mol. The van der Waals surface area contributed by atoms with Gasteiger partial charge in [0.1, 0.15) is 11.8 Å². The Hall–Kier alpha value is -2.02. The van der Waals surface area contributed by atoms with Gasteiger partial charge in [0.2, 0.25) is 0 Å². The zero-order valence-electron chi connectivity index (χ0n) is 11.3. The smallest absolute Gasteiger partial charge is 0.183 e. The number of nitrogens with two attached hydrogens (primary N) is 1. The lowest BCUT2D eigenvalue weighted by Gasteiger charge is -2.36. The van der Waals surface area contributed by atoms with Gasteiger partial charge in [0.05, 0.1) is 11.9 Å². The number of hydrogen-bond donors (Lipinski definition) is 1. The number of likely N-dealkylation sites (tertiary alicyclic amines) is 1. The van der Waals surface area contributed by atoms with E-state index in [4.69, 9.17) is 10.5 Å². The Morgan fingerprint density at radius 1 is 1.60 bits per heavy atom. The Labute approximate surface area is 115 Å². The molecule has 0 amide bonds. The van der Waals surface area contributed by atoms with Gasteiger partial charge in [-0.25, -0.2) is 8.78 Å². The molecule has 1 aromatic heterocycles. The minimum atomic E-state index is -0.721. The maximum Gasteiger partial charge on any atom is 0.183 e. The fourth-order valence-corrected chi connectivity index (χ4v) is 1.96. The molecule has 0 bridgehead atoms. The molecular formula is C13H16F2N4O. The summed E-state index contributed by atoms with van der Waals surface area (Å²) in [7, 11) is 3.35. The molecule has 1 aliphatic heterocycles. The highest BCUT2D eigenvalue weighted by molar-refractivity contribution is 6.09. The molecule has 0 saturated carbocycles. The molecular weight excluding hydrogens is 266 g/mol. The van der Waals surface area contributed by atoms with Crippen LogP contribution in [0.15, 0.2) is 29.3 Å². The molecule has 0 aliphatic carbocycles. The normalized spacial score (nSPS) is 18.0. The van der Waals surface area contributed by atoms with Crippen molar-refractivity contribution >= 4 is 5.71 Å². The number of ether oxygens (including phenoxy) is 1. The number of aromatic nitrogens is 1. The van der Waals surface area contributed by atoms with Crippen molar-refractivity contribution < 1.29 is 13.5 Å². The number of aliphatic imine (C=N–C) groups is 1. The first-order chi connectivity index (χ1) is 9.55. The minimum Gasteiger partial charge on any atom is -0.485 e. The van der Waals surface area contributed by atoms with Gasteiger partial charge in [-0.05, 0) is 7.05 Å². The van der Waals surface area contributed by atoms with Crippen molar-refractivity contribution in [2.24, 2.45) is 10.7 Å². The fourth-order valence-electron chi connectivity index (χ4n) is 1.96. The van der Waals surface area contributed by atoms with Crippen LogP contribution in [0.25, 0.3) is 0 Å². The molecule has 2 N–H and O–H groups in total. The summed E-state index contributed by atoms with van der Waals surface area (Å²) >= 11 is 0. The highest BCUT2D eigenvalue weighted by Gasteiger charge is 2.26. The van der Waals surface area contributed by atoms with Crippen molar-refractivity contribution in [1.29, 1.82) is 0 Å². The molecule has 1 fully saturated rings. The maximum absolute atomic E-state index is 13.7. The van der Waals surface area contributed by atoms with Crippen molar-refractivity contribution in [1.82, 2.24) is 9.88 Å². The molecule has 20 heavy (non-hydrogen) atoms. The second-order valence-corrected chi connectivity index (χ2v) is 4.55. The van der Waals surface area contributed by atoms with E-state index < -0.39 is 11.6 Å². The number of likely N-dealkylation sites (N-methyl/N-ethyl adjacent to an activating group) is 1. The first-order valence-corrected chi connectivity index (χ1v) is 6.10. The molecule has 0 spiro atoms. The zero-order valence-corrected chi connectivity index (χ0v) is 11.3. The van der Waals surface area contributed by atoms with Crippen LogP contribution in [0.5, 0.6) is 5.75 Å². The molecule has 1 saturated heterocycles. The van der Waals surface area contributed by atoms with Crippen molar-refractivity contribution in [3.63, 3.8) is 0 Å². The number of nitrogens with zero attached hydrogens (tertiary/aromatic N) is 3. The van der Waals surface area contributed by atoms with Gasteiger partial charge in [-0.3, -0.25) is 14.9 Å². The highest BCUT2D eigenvalue weighted by atomic mass is 19.1. The lowest BCUT2D eigenvalue weighted by molar-refractivity contribution is 0.0359. The molecule has 2 heterocycles. The Bertz CT molecular complexity index is 553. The highest BCUT2D eigenvalue weighted by Crippen LogP contribution is 2.22. The summed E-state index contributed by atoms with van der Waals surface area (Å²) in [5.74, 6) is -1.27. The Morgan fingerprint density at radius 2 is 2.30 bits per heavy atom. The van der Waals surface area contributed by atoms with E-state index in [0.29, 0.717) is 0 Å². The average Bonchev–Trinajstić information content (AvgIpc) is 2.40. The Kier molecular flexibility index (Phi) is 4.29. The van der Waals surface area contributed by atoms with E-state index in [1.54, 1.807) is 0 Å². The molecule has 7 heteroatoms. The molecule has 1 aliphatic rings. The van der Waals surface area contributed by atoms with Crippen LogP contribution in [0.4, 0.5) is 8.78 Å². The molecule has 5 nitrogen and oxygen atoms in total. The lowest BCUT2D eigenvalue weighted by Crippen LogP contribution is -2.51. The van der Waals surface area contributed by atoms with Gasteiger partial charge in [0.15, 0.2) is 17.4 Å². The predicted molar refractivity (Wildman–Crippen MR) is 71.9 cm³/mol. The molecule has 0 radical (unpaired) electrons. The summed E-state index contributed by atoms with van der Waals surface area (Å²) in [6.45, 7) is 1.45. The van der Waals surface area contributed by atoms with Gasteiger partial charge >= 0.3 is 0 Å². The molecule has 0 unspecified atom stereocenters. The van der Waals surface area contributed by atoms with Crippen molar-refractivity contribution in [2.45, 2.75) is 6.10 Å². The van der Waals surface area contributed by atoms with E-state index in [1.807, 2.05) is 11.9 Å². The van der Waals surface area contributed by atoms with Crippen molar-refractivity contribution in [3.8, 4) is 5.75 Å². The van der Waals surface area contributed by atoms with Gasteiger partial charge in [-0.2, -0.15) is 0 Å². The SMILES string of the molecule is CN=C(C(F)=CN)c1cc(OC2CN(C)C2)c(F)cn1. The Balaban J connectivity index is 2.24. The van der Waals surface area contributed by atoms with E-state index in [0.717, 1.165) is 25.5 Å². The summed E-state index contributed by atoms with van der Waals surface area (Å²) in [5.41, 5.74) is 5.26. The largest absolute Gasteiger partial charge is 0.485 e. The van der Waals surface area contributed by atoms with E-state index in [9.17, 15) is 8.78 Å². The van der Waals surface area contributed by atoms with Gasteiger partial charge < -0.3 is 10.5 Å². The van der Waals surface area contributed by atoms with E-state index >= 15 is 0 Å². The molecule has 1 aromatic rings. The van der Waals surface area contributed by atoms with E-state index in [-0.39, 0.29) is 23.3 Å². The molecule has 108 valence electrons. The second-order valence-electron chi connectivity index (χ2n) is 4.55. The van der Waals surface area contributed by atoms with Crippen molar-refractivity contribution in [2.75, 3.05) is 27.2 Å². The van der Waals surface area contributed by atoms with Crippen LogP contribution in [0.2, 0.25) is 0 Å². The van der Waals surface area contributed by atoms with Gasteiger partial charge in [0, 0.05) is 32.4 Å². The standard InChI is InChI=1S/C13H16F2N4O/c1-17-13(9(14)4-16)11-3-12(10(15)5-18-11)20-8-6-19(2)7-8/h3-5,8H,6-7,16H2,1-2H3. The molecule has 0 atom stereocenters. The molecule has 0 aromatic carbocycles. The quantitative estimate of drug-likeness (QED) is 0.840. The Morgan fingerprint density at radius 3 is 2.85 bits per heavy atom. The first-order valence-electron chi connectivity index (χ1n) is 6.10. The topological polar surface area (TPSA) is 63.7 Å². The van der Waals surface area contributed by atoms with Crippen LogP contribution in [-0.2, 0) is 0 Å². The van der Waals surface area contributed by atoms with E-state index in [2.05, 4.69) is 9.98 Å². The summed E-state index contributed by atoms with van der Waals surface area (Å²) in [6.07, 6.45) is 1.71. The summed E-state index contributed by atoms with van der Waals surface area (Å²) in [4.78, 5) is 9.62. The van der Waals surface area contributed by atoms with Gasteiger partial charge in [-0.1, -0.05) is 0 Å². The third-order valence-corrected chi connectivity index (χ3v) is 2.98. The van der Waals surface area contributed by atoms with Gasteiger partial charge in [-0.15, -0.1) is 0 Å². The number of rotatable bonds is 4. The number of pyridine rings is 1. The summed E-state index contributed by atoms with van der Waals surface area (Å²) < 4.78 is 32.7. The van der Waals surface area contributed by atoms with Crippen LogP contribution in [0.3, 0.4) is 0 Å². The summed E-state index contributed by atoms with van der Waals surface area (Å²) in [6, 6.07) is 1.33. The summed E-state index contributed by atoms with van der Waals surface area (Å²) in [5, 5.41) is 0. The minimum absolute atomic E-state index is 0.0388. The number of hydrogen-bond acceptors (Lipinski definition) is 5. The zero-order chi connectivity index (χ0) is 14.7. The third kappa shape index (κ3) is 2.93. The van der Waals surface area contributed by atoms with Crippen LogP contribution in [0, 0.1) is 5.82 Å². The fraction of sp³-hybridized carbons (Fsp3) is 0.385. The number of allylic oxidation sites excluding steroid dienone is 1. The average molecular weight is 282 g/mol. The van der Waals surface area contributed by atoms with Crippen LogP contribution >= 0.6 is 0 Å². The van der Waals surface area contributed by atoms with Gasteiger partial charge in [0.25, 0.3) is 0 Å².